The van der Waals surface area contributed by atoms with Crippen LogP contribution < -0.4 is 0 Å². The summed E-state index contributed by atoms with van der Waals surface area (Å²) in [6.07, 6.45) is 0.480. The van der Waals surface area contributed by atoms with Crippen molar-refractivity contribution in [3.8, 4) is 0 Å². The van der Waals surface area contributed by atoms with Crippen LogP contribution in [0, 0.1) is 13.8 Å². The standard InChI is InChI=1S/C18H16BrClN2O2/c1-9-11(18(23)24)4-6-14(20)12(9)8-16-21-17-10(2)13(19)5-7-15(17)22(16)3/h4-7H,8H2,1-3H3,(H,23,24). The minimum absolute atomic E-state index is 0.270. The molecule has 0 aliphatic heterocycles. The van der Waals surface area contributed by atoms with E-state index in [1.807, 2.05) is 30.7 Å². The zero-order chi connectivity index (χ0) is 17.6. The lowest BCUT2D eigenvalue weighted by atomic mass is 9.99. The molecule has 0 atom stereocenters. The number of aromatic carboxylic acids is 1. The molecule has 0 aliphatic carbocycles. The van der Waals surface area contributed by atoms with Gasteiger partial charge in [0.15, 0.2) is 0 Å². The van der Waals surface area contributed by atoms with Crippen molar-refractivity contribution in [2.24, 2.45) is 7.05 Å². The van der Waals surface area contributed by atoms with E-state index in [2.05, 4.69) is 15.9 Å². The van der Waals surface area contributed by atoms with E-state index in [1.54, 1.807) is 19.1 Å². The van der Waals surface area contributed by atoms with Crippen LogP contribution >= 0.6 is 27.5 Å². The van der Waals surface area contributed by atoms with Crippen molar-refractivity contribution in [2.45, 2.75) is 20.3 Å². The minimum Gasteiger partial charge on any atom is -0.478 e. The second kappa shape index (κ2) is 6.22. The third-order valence-corrected chi connectivity index (χ3v) is 5.65. The van der Waals surface area contributed by atoms with E-state index in [9.17, 15) is 9.90 Å². The summed E-state index contributed by atoms with van der Waals surface area (Å²) in [7, 11) is 1.96. The number of halogens is 2. The minimum atomic E-state index is -0.949. The van der Waals surface area contributed by atoms with Gasteiger partial charge in [-0.25, -0.2) is 9.78 Å². The lowest BCUT2D eigenvalue weighted by Crippen LogP contribution is -2.06. The molecule has 1 aromatic heterocycles. The maximum atomic E-state index is 11.4. The van der Waals surface area contributed by atoms with Gasteiger partial charge in [-0.3, -0.25) is 0 Å². The number of fused-ring (bicyclic) bond motifs is 1. The average molecular weight is 408 g/mol. The van der Waals surface area contributed by atoms with E-state index in [-0.39, 0.29) is 5.56 Å². The second-order valence-corrected chi connectivity index (χ2v) is 7.07. The van der Waals surface area contributed by atoms with Crippen molar-refractivity contribution in [3.05, 3.63) is 61.8 Å². The van der Waals surface area contributed by atoms with Gasteiger partial charge in [0.2, 0.25) is 0 Å². The number of carboxylic acids is 1. The van der Waals surface area contributed by atoms with Gasteiger partial charge in [0.25, 0.3) is 0 Å². The van der Waals surface area contributed by atoms with Gasteiger partial charge < -0.3 is 9.67 Å². The monoisotopic (exact) mass is 406 g/mol. The molecule has 0 bridgehead atoms. The summed E-state index contributed by atoms with van der Waals surface area (Å²) in [5, 5.41) is 9.87. The highest BCUT2D eigenvalue weighted by Crippen LogP contribution is 2.29. The normalized spacial score (nSPS) is 11.2. The number of aromatic nitrogens is 2. The first-order valence-electron chi connectivity index (χ1n) is 7.43. The summed E-state index contributed by atoms with van der Waals surface area (Å²) in [5.41, 5.74) is 4.80. The largest absolute Gasteiger partial charge is 0.478 e. The fourth-order valence-electron chi connectivity index (χ4n) is 2.90. The molecule has 0 amide bonds. The molecular formula is C18H16BrClN2O2. The summed E-state index contributed by atoms with van der Waals surface area (Å²) >= 11 is 9.86. The molecule has 6 heteroatoms. The zero-order valence-electron chi connectivity index (χ0n) is 13.5. The van der Waals surface area contributed by atoms with E-state index >= 15 is 0 Å². The molecule has 3 rings (SSSR count). The maximum absolute atomic E-state index is 11.4. The number of benzene rings is 2. The predicted octanol–water partition coefficient (Wildman–Crippen LogP) is 4.90. The predicted molar refractivity (Wildman–Crippen MR) is 99.1 cm³/mol. The Morgan fingerprint density at radius 3 is 2.62 bits per heavy atom. The highest BCUT2D eigenvalue weighted by molar-refractivity contribution is 9.10. The van der Waals surface area contributed by atoms with E-state index in [0.29, 0.717) is 17.0 Å². The van der Waals surface area contributed by atoms with Gasteiger partial charge in [-0.2, -0.15) is 0 Å². The molecule has 1 heterocycles. The first-order chi connectivity index (χ1) is 11.3. The van der Waals surface area contributed by atoms with Gasteiger partial charge in [-0.1, -0.05) is 27.5 Å². The van der Waals surface area contributed by atoms with Crippen LogP contribution in [0.3, 0.4) is 0 Å². The molecule has 4 nitrogen and oxygen atoms in total. The molecule has 3 aromatic rings. The van der Waals surface area contributed by atoms with Crippen LogP contribution in [0.4, 0.5) is 0 Å². The van der Waals surface area contributed by atoms with E-state index in [4.69, 9.17) is 16.6 Å². The van der Waals surface area contributed by atoms with Crippen molar-refractivity contribution < 1.29 is 9.90 Å². The molecule has 0 unspecified atom stereocenters. The third kappa shape index (κ3) is 2.72. The molecule has 1 N–H and O–H groups in total. The smallest absolute Gasteiger partial charge is 0.335 e. The highest BCUT2D eigenvalue weighted by Gasteiger charge is 2.17. The van der Waals surface area contributed by atoms with Crippen LogP contribution in [0.15, 0.2) is 28.7 Å². The number of nitrogens with zero attached hydrogens (tertiary/aromatic N) is 2. The van der Waals surface area contributed by atoms with Crippen LogP contribution in [0.5, 0.6) is 0 Å². The molecule has 0 saturated carbocycles. The summed E-state index contributed by atoms with van der Waals surface area (Å²) in [6, 6.07) is 7.20. The van der Waals surface area contributed by atoms with E-state index in [0.717, 1.165) is 32.5 Å². The lowest BCUT2D eigenvalue weighted by molar-refractivity contribution is 0.0696. The van der Waals surface area contributed by atoms with Crippen LogP contribution in [-0.2, 0) is 13.5 Å². The van der Waals surface area contributed by atoms with Crippen molar-refractivity contribution in [2.75, 3.05) is 0 Å². The van der Waals surface area contributed by atoms with Gasteiger partial charge >= 0.3 is 5.97 Å². The van der Waals surface area contributed by atoms with Crippen LogP contribution in [0.2, 0.25) is 5.02 Å². The lowest BCUT2D eigenvalue weighted by Gasteiger charge is -2.11. The molecule has 124 valence electrons. The molecule has 0 radical (unpaired) electrons. The Balaban J connectivity index is 2.14. The number of rotatable bonds is 3. The summed E-state index contributed by atoms with van der Waals surface area (Å²) < 4.78 is 3.04. The van der Waals surface area contributed by atoms with Crippen molar-refractivity contribution in [1.82, 2.24) is 9.55 Å². The molecule has 2 aromatic carbocycles. The highest BCUT2D eigenvalue weighted by atomic mass is 79.9. The Bertz CT molecular complexity index is 979. The third-order valence-electron chi connectivity index (χ3n) is 4.44. The number of hydrogen-bond acceptors (Lipinski definition) is 2. The summed E-state index contributed by atoms with van der Waals surface area (Å²) in [6.45, 7) is 3.81. The van der Waals surface area contributed by atoms with Crippen LogP contribution in [0.1, 0.15) is 32.9 Å². The van der Waals surface area contributed by atoms with E-state index in [1.165, 1.54) is 0 Å². The Morgan fingerprint density at radius 2 is 1.96 bits per heavy atom. The number of carboxylic acid groups (broad SMARTS) is 1. The number of hydrogen-bond donors (Lipinski definition) is 1. The Morgan fingerprint density at radius 1 is 1.25 bits per heavy atom. The molecular weight excluding hydrogens is 392 g/mol. The molecule has 24 heavy (non-hydrogen) atoms. The fourth-order valence-corrected chi connectivity index (χ4v) is 3.50. The first-order valence-corrected chi connectivity index (χ1v) is 8.60. The zero-order valence-corrected chi connectivity index (χ0v) is 15.9. The van der Waals surface area contributed by atoms with Crippen LogP contribution in [0.25, 0.3) is 11.0 Å². The Kier molecular flexibility index (Phi) is 4.40. The van der Waals surface area contributed by atoms with Gasteiger partial charge in [0, 0.05) is 23.0 Å². The first kappa shape index (κ1) is 17.0. The van der Waals surface area contributed by atoms with Gasteiger partial charge in [0.05, 0.1) is 16.6 Å². The van der Waals surface area contributed by atoms with Crippen LogP contribution in [-0.4, -0.2) is 20.6 Å². The molecule has 0 saturated heterocycles. The number of imidazole rings is 1. The van der Waals surface area contributed by atoms with Gasteiger partial charge in [-0.15, -0.1) is 0 Å². The SMILES string of the molecule is Cc1c(C(=O)O)ccc(Cl)c1Cc1nc2c(C)c(Br)ccc2n1C. The number of carbonyl (C=O) groups is 1. The molecule has 0 fully saturated rings. The molecule has 0 spiro atoms. The topological polar surface area (TPSA) is 55.1 Å². The Hall–Kier alpha value is -1.85. The van der Waals surface area contributed by atoms with E-state index < -0.39 is 5.97 Å². The van der Waals surface area contributed by atoms with Crippen molar-refractivity contribution in [1.29, 1.82) is 0 Å². The fraction of sp³-hybridized carbons (Fsp3) is 0.222. The summed E-state index contributed by atoms with van der Waals surface area (Å²) in [4.78, 5) is 16.1. The number of aryl methyl sites for hydroxylation is 2. The van der Waals surface area contributed by atoms with Gasteiger partial charge in [-0.05, 0) is 54.8 Å². The van der Waals surface area contributed by atoms with Gasteiger partial charge in [0.1, 0.15) is 5.82 Å². The summed E-state index contributed by atoms with van der Waals surface area (Å²) in [5.74, 6) is -0.103. The Labute approximate surface area is 153 Å². The van der Waals surface area contributed by atoms with Crippen molar-refractivity contribution >= 4 is 44.5 Å². The quantitative estimate of drug-likeness (QED) is 0.672. The maximum Gasteiger partial charge on any atom is 0.335 e. The van der Waals surface area contributed by atoms with Crippen molar-refractivity contribution in [3.63, 3.8) is 0 Å². The average Bonchev–Trinajstić information content (AvgIpc) is 2.84. The molecule has 0 aliphatic rings. The second-order valence-electron chi connectivity index (χ2n) is 5.81.